The third-order valence-electron chi connectivity index (χ3n) is 4.16. The Bertz CT molecular complexity index is 395. The lowest BCUT2D eigenvalue weighted by Gasteiger charge is -2.36. The van der Waals surface area contributed by atoms with Crippen LogP contribution in [0.1, 0.15) is 27.2 Å². The van der Waals surface area contributed by atoms with E-state index in [1.54, 1.807) is 7.11 Å². The number of esters is 1. The number of methoxy groups -OCH3 is 2. The molecule has 7 nitrogen and oxygen atoms in total. The van der Waals surface area contributed by atoms with Gasteiger partial charge in [0.15, 0.2) is 8.32 Å². The van der Waals surface area contributed by atoms with Gasteiger partial charge < -0.3 is 24.0 Å². The first-order chi connectivity index (χ1) is 11.0. The van der Waals surface area contributed by atoms with Crippen molar-refractivity contribution in [2.45, 2.75) is 51.4 Å². The molecule has 0 aliphatic heterocycles. The summed E-state index contributed by atoms with van der Waals surface area (Å²) in [6.45, 7) is 11.7. The molecule has 0 spiro atoms. The van der Waals surface area contributed by atoms with Crippen LogP contribution in [0.15, 0.2) is 0 Å². The third kappa shape index (κ3) is 8.77. The van der Waals surface area contributed by atoms with Crippen LogP contribution in [0.5, 0.6) is 0 Å². The van der Waals surface area contributed by atoms with Gasteiger partial charge in [0, 0.05) is 20.1 Å². The zero-order chi connectivity index (χ0) is 18.8. The summed E-state index contributed by atoms with van der Waals surface area (Å²) < 4.78 is 20.8. The minimum absolute atomic E-state index is 0.0895. The van der Waals surface area contributed by atoms with Crippen LogP contribution in [-0.4, -0.2) is 66.9 Å². The van der Waals surface area contributed by atoms with E-state index >= 15 is 0 Å². The highest BCUT2D eigenvalue weighted by molar-refractivity contribution is 6.74. The number of amides is 1. The molecule has 8 heteroatoms. The van der Waals surface area contributed by atoms with Gasteiger partial charge in [0.1, 0.15) is 12.6 Å². The predicted octanol–water partition coefficient (Wildman–Crippen LogP) is 1.72. The predicted molar refractivity (Wildman–Crippen MR) is 94.4 cm³/mol. The van der Waals surface area contributed by atoms with Crippen molar-refractivity contribution >= 4 is 20.2 Å². The minimum atomic E-state index is -1.89. The lowest BCUT2D eigenvalue weighted by atomic mass is 10.2. The summed E-state index contributed by atoms with van der Waals surface area (Å²) in [6, 6.07) is -0.738. The van der Waals surface area contributed by atoms with E-state index in [0.717, 1.165) is 0 Å². The molecule has 24 heavy (non-hydrogen) atoms. The van der Waals surface area contributed by atoms with Gasteiger partial charge >= 0.3 is 5.97 Å². The van der Waals surface area contributed by atoms with Crippen molar-refractivity contribution in [2.75, 3.05) is 40.6 Å². The quantitative estimate of drug-likeness (QED) is 0.342. The fourth-order valence-corrected chi connectivity index (χ4v) is 2.64. The highest BCUT2D eigenvalue weighted by Gasteiger charge is 2.37. The van der Waals surface area contributed by atoms with Crippen molar-refractivity contribution in [1.29, 1.82) is 0 Å². The number of nitrogens with one attached hydrogen (secondary N) is 1. The molecule has 0 saturated carbocycles. The van der Waals surface area contributed by atoms with Crippen LogP contribution >= 0.6 is 0 Å². The second-order valence-corrected chi connectivity index (χ2v) is 11.9. The Morgan fingerprint density at radius 3 is 2.21 bits per heavy atom. The number of hydrogen-bond acceptors (Lipinski definition) is 6. The molecule has 0 fully saturated rings. The maximum Gasteiger partial charge on any atom is 0.328 e. The van der Waals surface area contributed by atoms with Gasteiger partial charge in [0.2, 0.25) is 5.91 Å². The lowest BCUT2D eigenvalue weighted by Crippen LogP contribution is -2.46. The molecule has 0 aliphatic rings. The Labute approximate surface area is 146 Å². The van der Waals surface area contributed by atoms with Gasteiger partial charge in [-0.05, 0) is 18.1 Å². The molecule has 0 unspecified atom stereocenters. The standard InChI is InChI=1S/C16H33NO6Si/c1-16(2,3)24(6,7)23-9-8-13(15(19)21-5)17-14(18)12-22-11-10-20-4/h13H,8-12H2,1-7H3,(H,17,18)/t13-/m0/s1. The van der Waals surface area contributed by atoms with Crippen molar-refractivity contribution in [3.63, 3.8) is 0 Å². The van der Waals surface area contributed by atoms with Crippen LogP contribution in [0, 0.1) is 0 Å². The summed E-state index contributed by atoms with van der Waals surface area (Å²) >= 11 is 0. The monoisotopic (exact) mass is 363 g/mol. The third-order valence-corrected chi connectivity index (χ3v) is 8.70. The number of ether oxygens (including phenoxy) is 3. The Kier molecular flexibility index (Phi) is 10.4. The van der Waals surface area contributed by atoms with Gasteiger partial charge in [0.25, 0.3) is 0 Å². The summed E-state index contributed by atoms with van der Waals surface area (Å²) in [5.41, 5.74) is 0. The van der Waals surface area contributed by atoms with Gasteiger partial charge in [-0.3, -0.25) is 4.79 Å². The van der Waals surface area contributed by atoms with Crippen molar-refractivity contribution in [3.05, 3.63) is 0 Å². The van der Waals surface area contributed by atoms with E-state index < -0.39 is 20.3 Å². The highest BCUT2D eigenvalue weighted by Crippen LogP contribution is 2.36. The highest BCUT2D eigenvalue weighted by atomic mass is 28.4. The average molecular weight is 364 g/mol. The second-order valence-electron chi connectivity index (χ2n) is 7.09. The fourth-order valence-electron chi connectivity index (χ4n) is 1.58. The van der Waals surface area contributed by atoms with E-state index in [1.165, 1.54) is 7.11 Å². The Morgan fingerprint density at radius 2 is 1.71 bits per heavy atom. The molecule has 0 aromatic rings. The lowest BCUT2D eigenvalue weighted by molar-refractivity contribution is -0.146. The van der Waals surface area contributed by atoms with Crippen LogP contribution in [0.4, 0.5) is 0 Å². The molecular weight excluding hydrogens is 330 g/mol. The SMILES string of the molecule is COCCOCC(=O)N[C@@H](CCO[Si](C)(C)C(C)(C)C)C(=O)OC. The smallest absolute Gasteiger partial charge is 0.328 e. The summed E-state index contributed by atoms with van der Waals surface area (Å²) in [4.78, 5) is 23.7. The molecule has 0 aliphatic carbocycles. The molecule has 142 valence electrons. The van der Waals surface area contributed by atoms with Gasteiger partial charge in [-0.2, -0.15) is 0 Å². The molecule has 0 rings (SSSR count). The van der Waals surface area contributed by atoms with Gasteiger partial charge in [-0.15, -0.1) is 0 Å². The van der Waals surface area contributed by atoms with E-state index in [0.29, 0.717) is 26.2 Å². The number of carbonyl (C=O) groups is 2. The number of rotatable bonds is 11. The average Bonchev–Trinajstić information content (AvgIpc) is 2.48. The topological polar surface area (TPSA) is 83.1 Å². The van der Waals surface area contributed by atoms with Crippen molar-refractivity contribution in [1.82, 2.24) is 5.32 Å². The van der Waals surface area contributed by atoms with E-state index in [2.05, 4.69) is 39.2 Å². The van der Waals surface area contributed by atoms with E-state index in [1.807, 2.05) is 0 Å². The first-order valence-electron chi connectivity index (χ1n) is 8.13. The maximum absolute atomic E-state index is 11.8. The molecule has 0 bridgehead atoms. The van der Waals surface area contributed by atoms with Gasteiger partial charge in [0.05, 0.1) is 20.3 Å². The van der Waals surface area contributed by atoms with E-state index in [-0.39, 0.29) is 17.6 Å². The van der Waals surface area contributed by atoms with Crippen LogP contribution in [0.25, 0.3) is 0 Å². The van der Waals surface area contributed by atoms with Crippen molar-refractivity contribution in [2.24, 2.45) is 0 Å². The summed E-state index contributed by atoms with van der Waals surface area (Å²) in [6.07, 6.45) is 0.364. The van der Waals surface area contributed by atoms with Gasteiger partial charge in [-0.25, -0.2) is 4.79 Å². The first-order valence-corrected chi connectivity index (χ1v) is 11.0. The first kappa shape index (κ1) is 23.0. The Morgan fingerprint density at radius 1 is 1.08 bits per heavy atom. The molecule has 0 aromatic carbocycles. The number of carbonyl (C=O) groups excluding carboxylic acids is 2. The van der Waals surface area contributed by atoms with E-state index in [9.17, 15) is 9.59 Å². The molecule has 0 radical (unpaired) electrons. The second kappa shape index (κ2) is 10.8. The Balaban J connectivity index is 4.43. The number of hydrogen-bond donors (Lipinski definition) is 1. The molecule has 0 heterocycles. The summed E-state index contributed by atoms with van der Waals surface area (Å²) in [5.74, 6) is -0.854. The summed E-state index contributed by atoms with van der Waals surface area (Å²) in [5, 5.41) is 2.72. The van der Waals surface area contributed by atoms with Crippen LogP contribution in [0.2, 0.25) is 18.1 Å². The molecule has 0 saturated heterocycles. The van der Waals surface area contributed by atoms with Crippen LogP contribution in [0.3, 0.4) is 0 Å². The van der Waals surface area contributed by atoms with Crippen molar-refractivity contribution in [3.8, 4) is 0 Å². The molecule has 1 atom stereocenters. The summed E-state index contributed by atoms with van der Waals surface area (Å²) in [7, 11) is 0.961. The zero-order valence-corrected chi connectivity index (χ0v) is 17.1. The fraction of sp³-hybridized carbons (Fsp3) is 0.875. The van der Waals surface area contributed by atoms with Crippen LogP contribution in [-0.2, 0) is 28.2 Å². The minimum Gasteiger partial charge on any atom is -0.467 e. The normalized spacial score (nSPS) is 13.5. The molecule has 0 aromatic heterocycles. The van der Waals surface area contributed by atoms with Gasteiger partial charge in [-0.1, -0.05) is 20.8 Å². The van der Waals surface area contributed by atoms with Crippen LogP contribution < -0.4 is 5.32 Å². The Hall–Kier alpha value is -0.963. The maximum atomic E-state index is 11.8. The van der Waals surface area contributed by atoms with Crippen molar-refractivity contribution < 1.29 is 28.2 Å². The van der Waals surface area contributed by atoms with E-state index in [4.69, 9.17) is 18.6 Å². The largest absolute Gasteiger partial charge is 0.467 e. The molecule has 1 N–H and O–H groups in total. The zero-order valence-electron chi connectivity index (χ0n) is 16.1. The molecule has 1 amide bonds. The molecular formula is C16H33NO6Si.